The van der Waals surface area contributed by atoms with Crippen LogP contribution >= 0.6 is 0 Å². The molecule has 0 bridgehead atoms. The number of hydrogen-bond donors (Lipinski definition) is 0. The zero-order chi connectivity index (χ0) is 21.9. The minimum atomic E-state index is -3.66. The first-order chi connectivity index (χ1) is 14.2. The lowest BCUT2D eigenvalue weighted by Crippen LogP contribution is -2.54. The number of nitrogens with zero attached hydrogens (tertiary/aromatic N) is 3. The van der Waals surface area contributed by atoms with Crippen molar-refractivity contribution in [2.75, 3.05) is 50.8 Å². The van der Waals surface area contributed by atoms with Gasteiger partial charge >= 0.3 is 0 Å². The van der Waals surface area contributed by atoms with Crippen molar-refractivity contribution in [2.24, 2.45) is 0 Å². The molecule has 2 aliphatic heterocycles. The summed E-state index contributed by atoms with van der Waals surface area (Å²) in [4.78, 5) is 17.1. The van der Waals surface area contributed by atoms with Crippen LogP contribution in [-0.4, -0.2) is 92.9 Å². The van der Waals surface area contributed by atoms with Gasteiger partial charge in [0, 0.05) is 39.3 Å². The highest BCUT2D eigenvalue weighted by Gasteiger charge is 2.42. The first kappa shape index (κ1) is 23.2. The molecule has 1 aromatic carbocycles. The van der Waals surface area contributed by atoms with Crippen LogP contribution < -0.4 is 0 Å². The second kappa shape index (κ2) is 9.33. The highest BCUT2D eigenvalue weighted by atomic mass is 32.2. The Bertz CT molecular complexity index is 938. The summed E-state index contributed by atoms with van der Waals surface area (Å²) in [7, 11) is -6.93. The lowest BCUT2D eigenvalue weighted by molar-refractivity contribution is -0.137. The Labute approximate surface area is 179 Å². The van der Waals surface area contributed by atoms with Crippen molar-refractivity contribution in [3.63, 3.8) is 0 Å². The lowest BCUT2D eigenvalue weighted by atomic mass is 10.0. The Balaban J connectivity index is 1.75. The Morgan fingerprint density at radius 2 is 1.70 bits per heavy atom. The van der Waals surface area contributed by atoms with Crippen molar-refractivity contribution in [1.82, 2.24) is 14.1 Å². The summed E-state index contributed by atoms with van der Waals surface area (Å²) in [6, 6.07) is 9.11. The van der Waals surface area contributed by atoms with Crippen LogP contribution in [0.15, 0.2) is 30.3 Å². The van der Waals surface area contributed by atoms with Crippen LogP contribution in [0.4, 0.5) is 0 Å². The Morgan fingerprint density at radius 1 is 1.10 bits per heavy atom. The number of piperazine rings is 1. The maximum absolute atomic E-state index is 13.3. The van der Waals surface area contributed by atoms with Crippen molar-refractivity contribution >= 4 is 25.8 Å². The van der Waals surface area contributed by atoms with E-state index in [9.17, 15) is 21.6 Å². The standard InChI is InChI=1S/C20H31N3O5S2/c1-3-21(4-2)20(24)19(17-8-6-5-7-9-17)22-11-13-23(14-12-22)30(27,28)18-10-15-29(25,26)16-18/h5-9,18-19H,3-4,10-16H2,1-2H3/t18-,19+/m1/s1. The van der Waals surface area contributed by atoms with E-state index in [0.29, 0.717) is 26.2 Å². The van der Waals surface area contributed by atoms with E-state index in [2.05, 4.69) is 0 Å². The van der Waals surface area contributed by atoms with Crippen molar-refractivity contribution < 1.29 is 21.6 Å². The predicted octanol–water partition coefficient (Wildman–Crippen LogP) is 0.731. The fraction of sp³-hybridized carbons (Fsp3) is 0.650. The lowest BCUT2D eigenvalue weighted by Gasteiger charge is -2.40. The van der Waals surface area contributed by atoms with Crippen LogP contribution in [0.3, 0.4) is 0 Å². The number of carbonyl (C=O) groups excluding carboxylic acids is 1. The van der Waals surface area contributed by atoms with Gasteiger partial charge < -0.3 is 4.90 Å². The third kappa shape index (κ3) is 4.87. The van der Waals surface area contributed by atoms with Crippen LogP contribution in [0.2, 0.25) is 0 Å². The molecule has 8 nitrogen and oxygen atoms in total. The van der Waals surface area contributed by atoms with E-state index in [1.165, 1.54) is 4.31 Å². The number of benzene rings is 1. The molecule has 2 atom stereocenters. The van der Waals surface area contributed by atoms with E-state index in [1.54, 1.807) is 4.90 Å². The predicted molar refractivity (Wildman–Crippen MR) is 116 cm³/mol. The smallest absolute Gasteiger partial charge is 0.244 e. The molecule has 2 heterocycles. The van der Waals surface area contributed by atoms with E-state index < -0.39 is 31.2 Å². The van der Waals surface area contributed by atoms with Crippen molar-refractivity contribution in [2.45, 2.75) is 31.6 Å². The highest BCUT2D eigenvalue weighted by molar-refractivity contribution is 7.95. The number of hydrogen-bond acceptors (Lipinski definition) is 6. The van der Waals surface area contributed by atoms with Gasteiger partial charge in [-0.15, -0.1) is 0 Å². The molecule has 0 spiro atoms. The Morgan fingerprint density at radius 3 is 2.20 bits per heavy atom. The van der Waals surface area contributed by atoms with Crippen LogP contribution in [0, 0.1) is 0 Å². The summed E-state index contributed by atoms with van der Waals surface area (Å²) >= 11 is 0. The molecular weight excluding hydrogens is 426 g/mol. The zero-order valence-electron chi connectivity index (χ0n) is 17.6. The van der Waals surface area contributed by atoms with Gasteiger partial charge in [-0.2, -0.15) is 4.31 Å². The van der Waals surface area contributed by atoms with Gasteiger partial charge in [0.15, 0.2) is 9.84 Å². The van der Waals surface area contributed by atoms with Crippen molar-refractivity contribution in [1.29, 1.82) is 0 Å². The molecule has 0 saturated carbocycles. The van der Waals surface area contributed by atoms with Crippen LogP contribution in [0.5, 0.6) is 0 Å². The fourth-order valence-corrected chi connectivity index (χ4v) is 8.79. The minimum Gasteiger partial charge on any atom is -0.342 e. The molecule has 3 rings (SSSR count). The van der Waals surface area contributed by atoms with Gasteiger partial charge in [-0.25, -0.2) is 16.8 Å². The van der Waals surface area contributed by atoms with E-state index in [1.807, 2.05) is 49.1 Å². The molecule has 2 saturated heterocycles. The highest BCUT2D eigenvalue weighted by Crippen LogP contribution is 2.27. The van der Waals surface area contributed by atoms with Crippen LogP contribution in [-0.2, 0) is 24.7 Å². The third-order valence-electron chi connectivity index (χ3n) is 6.03. The molecule has 0 radical (unpaired) electrons. The summed E-state index contributed by atoms with van der Waals surface area (Å²) < 4.78 is 50.7. The molecule has 10 heteroatoms. The number of sulfone groups is 1. The van der Waals surface area contributed by atoms with Gasteiger partial charge in [0.2, 0.25) is 15.9 Å². The van der Waals surface area contributed by atoms with Gasteiger partial charge in [-0.1, -0.05) is 30.3 Å². The number of rotatable bonds is 7. The molecule has 2 aliphatic rings. The summed E-state index contributed by atoms with van der Waals surface area (Å²) in [6.45, 7) is 6.48. The van der Waals surface area contributed by atoms with E-state index in [-0.39, 0.29) is 36.9 Å². The van der Waals surface area contributed by atoms with Gasteiger partial charge in [-0.05, 0) is 25.8 Å². The fourth-order valence-electron chi connectivity index (χ4n) is 4.28. The normalized spacial score (nSPS) is 23.9. The molecule has 0 N–H and O–H groups in total. The minimum absolute atomic E-state index is 0.0180. The van der Waals surface area contributed by atoms with Gasteiger partial charge in [0.25, 0.3) is 0 Å². The molecule has 0 aliphatic carbocycles. The Kier molecular flexibility index (Phi) is 7.21. The molecule has 1 amide bonds. The molecule has 30 heavy (non-hydrogen) atoms. The molecule has 1 aromatic rings. The number of likely N-dealkylation sites (N-methyl/N-ethyl adjacent to an activating group) is 1. The van der Waals surface area contributed by atoms with Crippen LogP contribution in [0.1, 0.15) is 31.9 Å². The summed E-state index contributed by atoms with van der Waals surface area (Å²) in [5, 5.41) is -0.851. The monoisotopic (exact) mass is 457 g/mol. The van der Waals surface area contributed by atoms with Crippen molar-refractivity contribution in [3.8, 4) is 0 Å². The molecule has 2 fully saturated rings. The summed E-state index contributed by atoms with van der Waals surface area (Å²) in [6.07, 6.45) is 0.165. The molecule has 168 valence electrons. The zero-order valence-corrected chi connectivity index (χ0v) is 19.2. The quantitative estimate of drug-likeness (QED) is 0.599. The largest absolute Gasteiger partial charge is 0.342 e. The first-order valence-electron chi connectivity index (χ1n) is 10.5. The number of amides is 1. The maximum Gasteiger partial charge on any atom is 0.244 e. The van der Waals surface area contributed by atoms with E-state index in [0.717, 1.165) is 5.56 Å². The van der Waals surface area contributed by atoms with Crippen molar-refractivity contribution in [3.05, 3.63) is 35.9 Å². The average molecular weight is 458 g/mol. The number of carbonyl (C=O) groups is 1. The second-order valence-corrected chi connectivity index (χ2v) is 12.3. The Hall–Kier alpha value is -1.49. The average Bonchev–Trinajstić information content (AvgIpc) is 3.11. The summed E-state index contributed by atoms with van der Waals surface area (Å²) in [5.74, 6) is -0.335. The first-order valence-corrected chi connectivity index (χ1v) is 13.8. The molecule has 0 unspecified atom stereocenters. The third-order valence-corrected chi connectivity index (χ3v) is 10.3. The number of sulfonamides is 1. The van der Waals surface area contributed by atoms with E-state index in [4.69, 9.17) is 0 Å². The van der Waals surface area contributed by atoms with Crippen LogP contribution in [0.25, 0.3) is 0 Å². The van der Waals surface area contributed by atoms with Gasteiger partial charge in [0.05, 0.1) is 16.8 Å². The van der Waals surface area contributed by atoms with Gasteiger partial charge in [-0.3, -0.25) is 9.69 Å². The molecular formula is C20H31N3O5S2. The van der Waals surface area contributed by atoms with Gasteiger partial charge in [0.1, 0.15) is 6.04 Å². The molecule has 0 aromatic heterocycles. The van der Waals surface area contributed by atoms with E-state index >= 15 is 0 Å². The topological polar surface area (TPSA) is 95.1 Å². The SMILES string of the molecule is CCN(CC)C(=O)[C@H](c1ccccc1)N1CCN(S(=O)(=O)[C@@H]2CCS(=O)(=O)C2)CC1. The maximum atomic E-state index is 13.3. The summed E-state index contributed by atoms with van der Waals surface area (Å²) in [5.41, 5.74) is 0.896. The second-order valence-electron chi connectivity index (χ2n) is 7.83.